The van der Waals surface area contributed by atoms with Gasteiger partial charge in [0, 0.05) is 30.9 Å². The van der Waals surface area contributed by atoms with Gasteiger partial charge in [0.15, 0.2) is 0 Å². The summed E-state index contributed by atoms with van der Waals surface area (Å²) in [7, 11) is 0. The number of hydrogen-bond acceptors (Lipinski definition) is 5. The third-order valence-electron chi connectivity index (χ3n) is 5.15. The van der Waals surface area contributed by atoms with E-state index in [0.29, 0.717) is 5.92 Å². The molecular formula is C20H25N3O3S. The summed E-state index contributed by atoms with van der Waals surface area (Å²) in [5, 5.41) is 14.7. The first-order chi connectivity index (χ1) is 13.1. The molecule has 1 saturated heterocycles. The summed E-state index contributed by atoms with van der Waals surface area (Å²) >= 11 is 1.63. The Bertz CT molecular complexity index is 871. The van der Waals surface area contributed by atoms with Gasteiger partial charge in [0.25, 0.3) is 0 Å². The average molecular weight is 388 g/mol. The van der Waals surface area contributed by atoms with E-state index in [1.807, 2.05) is 0 Å². The second-order valence-electron chi connectivity index (χ2n) is 7.39. The Morgan fingerprint density at radius 2 is 2.19 bits per heavy atom. The van der Waals surface area contributed by atoms with Crippen LogP contribution in [0.1, 0.15) is 30.5 Å². The lowest BCUT2D eigenvalue weighted by molar-refractivity contribution is -0.137. The Morgan fingerprint density at radius 1 is 1.37 bits per heavy atom. The zero-order valence-corrected chi connectivity index (χ0v) is 16.3. The number of H-pyrrole nitrogens is 1. The van der Waals surface area contributed by atoms with Crippen LogP contribution in [0.2, 0.25) is 0 Å². The summed E-state index contributed by atoms with van der Waals surface area (Å²) in [6.45, 7) is 4.77. The summed E-state index contributed by atoms with van der Waals surface area (Å²) in [5.74, 6) is 0.581. The van der Waals surface area contributed by atoms with Gasteiger partial charge in [-0.1, -0.05) is 0 Å². The molecule has 7 heteroatoms. The largest absolute Gasteiger partial charge is 0.481 e. The monoisotopic (exact) mass is 387 g/mol. The first-order valence-electron chi connectivity index (χ1n) is 9.46. The number of aromatic nitrogens is 1. The van der Waals surface area contributed by atoms with Crippen LogP contribution in [0, 0.1) is 12.8 Å². The summed E-state index contributed by atoms with van der Waals surface area (Å²) in [4.78, 5) is 19.0. The van der Waals surface area contributed by atoms with Crippen molar-refractivity contribution in [1.29, 1.82) is 0 Å². The number of fused-ring (bicyclic) bond motifs is 1. The number of hydrogen-bond donors (Lipinski definition) is 3. The molecule has 3 heterocycles. The predicted molar refractivity (Wildman–Crippen MR) is 110 cm³/mol. The van der Waals surface area contributed by atoms with E-state index >= 15 is 0 Å². The van der Waals surface area contributed by atoms with Crippen LogP contribution in [0.25, 0.3) is 10.9 Å². The summed E-state index contributed by atoms with van der Waals surface area (Å²) < 4.78 is 5.45. The molecule has 1 atom stereocenters. The fraction of sp³-hybridized carbons (Fsp3) is 0.500. The van der Waals surface area contributed by atoms with Crippen molar-refractivity contribution in [2.75, 3.05) is 30.8 Å². The SMILES string of the molecule is Cc1cc(NCC2CCOCC2)c2[nH]c(C3=N[C@@H](CC(=O)O)CS3)cc2c1. The smallest absolute Gasteiger partial charge is 0.305 e. The van der Waals surface area contributed by atoms with Gasteiger partial charge in [-0.15, -0.1) is 11.8 Å². The second-order valence-corrected chi connectivity index (χ2v) is 8.40. The Kier molecular flexibility index (Phi) is 5.41. The van der Waals surface area contributed by atoms with Crippen molar-refractivity contribution < 1.29 is 14.6 Å². The minimum atomic E-state index is -0.794. The topological polar surface area (TPSA) is 86.7 Å². The second kappa shape index (κ2) is 7.94. The molecule has 1 fully saturated rings. The third kappa shape index (κ3) is 4.30. The molecule has 27 heavy (non-hydrogen) atoms. The van der Waals surface area contributed by atoms with Gasteiger partial charge < -0.3 is 20.1 Å². The lowest BCUT2D eigenvalue weighted by Crippen LogP contribution is -2.22. The van der Waals surface area contributed by atoms with Crippen molar-refractivity contribution in [3.63, 3.8) is 0 Å². The molecule has 2 aromatic rings. The van der Waals surface area contributed by atoms with Gasteiger partial charge in [-0.05, 0) is 49.4 Å². The van der Waals surface area contributed by atoms with E-state index in [-0.39, 0.29) is 12.5 Å². The maximum Gasteiger partial charge on any atom is 0.305 e. The summed E-state index contributed by atoms with van der Waals surface area (Å²) in [6, 6.07) is 6.33. The number of aliphatic imine (C=N–C) groups is 1. The average Bonchev–Trinajstić information content (AvgIpc) is 3.26. The third-order valence-corrected chi connectivity index (χ3v) is 6.30. The van der Waals surface area contributed by atoms with Crippen molar-refractivity contribution in [3.8, 4) is 0 Å². The molecule has 1 aromatic heterocycles. The lowest BCUT2D eigenvalue weighted by atomic mass is 10.0. The van der Waals surface area contributed by atoms with Gasteiger partial charge in [0.05, 0.1) is 29.4 Å². The highest BCUT2D eigenvalue weighted by atomic mass is 32.2. The number of carboxylic acids is 1. The van der Waals surface area contributed by atoms with E-state index in [1.165, 1.54) is 5.56 Å². The molecule has 2 aliphatic heterocycles. The Hall–Kier alpha value is -1.99. The number of rotatable bonds is 6. The van der Waals surface area contributed by atoms with Gasteiger partial charge in [-0.3, -0.25) is 9.79 Å². The molecule has 0 unspecified atom stereocenters. The Morgan fingerprint density at radius 3 is 2.96 bits per heavy atom. The van der Waals surface area contributed by atoms with Crippen LogP contribution in [0.15, 0.2) is 23.2 Å². The first-order valence-corrected chi connectivity index (χ1v) is 10.4. The molecule has 3 N–H and O–H groups in total. The van der Waals surface area contributed by atoms with Crippen molar-refractivity contribution in [1.82, 2.24) is 4.98 Å². The number of benzene rings is 1. The van der Waals surface area contributed by atoms with Crippen LogP contribution in [-0.4, -0.2) is 52.7 Å². The van der Waals surface area contributed by atoms with Crippen LogP contribution < -0.4 is 5.32 Å². The van der Waals surface area contributed by atoms with Crippen molar-refractivity contribution in [2.45, 2.75) is 32.2 Å². The number of anilines is 1. The number of nitrogens with one attached hydrogen (secondary N) is 2. The number of nitrogens with zero attached hydrogens (tertiary/aromatic N) is 1. The zero-order chi connectivity index (χ0) is 18.8. The van der Waals surface area contributed by atoms with E-state index in [9.17, 15) is 4.79 Å². The molecule has 0 radical (unpaired) electrons. The number of carboxylic acid groups (broad SMARTS) is 1. The molecule has 0 aliphatic carbocycles. The van der Waals surface area contributed by atoms with Gasteiger partial charge in [-0.2, -0.15) is 0 Å². The predicted octanol–water partition coefficient (Wildman–Crippen LogP) is 3.65. The molecule has 0 amide bonds. The van der Waals surface area contributed by atoms with Crippen LogP contribution in [-0.2, 0) is 9.53 Å². The molecule has 6 nitrogen and oxygen atoms in total. The van der Waals surface area contributed by atoms with Crippen LogP contribution in [0.3, 0.4) is 0 Å². The van der Waals surface area contributed by atoms with E-state index in [1.54, 1.807) is 11.8 Å². The fourth-order valence-electron chi connectivity index (χ4n) is 3.72. The maximum absolute atomic E-state index is 10.9. The van der Waals surface area contributed by atoms with Crippen molar-refractivity contribution in [3.05, 3.63) is 29.5 Å². The highest BCUT2D eigenvalue weighted by molar-refractivity contribution is 8.14. The quantitative estimate of drug-likeness (QED) is 0.704. The summed E-state index contributed by atoms with van der Waals surface area (Å²) in [6.07, 6.45) is 2.31. The van der Waals surface area contributed by atoms with E-state index in [2.05, 4.69) is 40.4 Å². The minimum Gasteiger partial charge on any atom is -0.481 e. The molecule has 0 bridgehead atoms. The Balaban J connectivity index is 1.55. The number of aliphatic carboxylic acids is 1. The van der Waals surface area contributed by atoms with E-state index in [4.69, 9.17) is 9.84 Å². The minimum absolute atomic E-state index is 0.0910. The number of aryl methyl sites for hydroxylation is 1. The summed E-state index contributed by atoms with van der Waals surface area (Å²) in [5.41, 5.74) is 4.40. The molecule has 4 rings (SSSR count). The molecule has 0 spiro atoms. The molecule has 144 valence electrons. The number of carbonyl (C=O) groups is 1. The number of aromatic amines is 1. The number of thioether (sulfide) groups is 1. The zero-order valence-electron chi connectivity index (χ0n) is 15.5. The normalized spacial score (nSPS) is 20.8. The molecule has 0 saturated carbocycles. The van der Waals surface area contributed by atoms with Crippen LogP contribution in [0.5, 0.6) is 0 Å². The van der Waals surface area contributed by atoms with Crippen LogP contribution in [0.4, 0.5) is 5.69 Å². The van der Waals surface area contributed by atoms with E-state index in [0.717, 1.165) is 65.7 Å². The maximum atomic E-state index is 10.9. The van der Waals surface area contributed by atoms with Gasteiger partial charge in [0.2, 0.25) is 0 Å². The highest BCUT2D eigenvalue weighted by Crippen LogP contribution is 2.31. The van der Waals surface area contributed by atoms with Crippen molar-refractivity contribution in [2.24, 2.45) is 10.9 Å². The number of ether oxygens (including phenoxy) is 1. The van der Waals surface area contributed by atoms with Crippen molar-refractivity contribution >= 4 is 39.4 Å². The van der Waals surface area contributed by atoms with Gasteiger partial charge >= 0.3 is 5.97 Å². The first kappa shape index (κ1) is 18.4. The van der Waals surface area contributed by atoms with Crippen LogP contribution >= 0.6 is 11.8 Å². The van der Waals surface area contributed by atoms with Gasteiger partial charge in [-0.25, -0.2) is 0 Å². The molecule has 2 aliphatic rings. The van der Waals surface area contributed by atoms with E-state index < -0.39 is 5.97 Å². The standard InChI is InChI=1S/C20H25N3O3S/c1-12-6-14-8-17(20-22-15(11-27-20)9-18(24)25)23-19(14)16(7-12)21-10-13-2-4-26-5-3-13/h6-8,13,15,21,23H,2-5,9-11H2,1H3,(H,24,25)/t15-/m0/s1. The Labute approximate surface area is 162 Å². The van der Waals surface area contributed by atoms with Gasteiger partial charge in [0.1, 0.15) is 5.04 Å². The lowest BCUT2D eigenvalue weighted by Gasteiger charge is -2.23. The highest BCUT2D eigenvalue weighted by Gasteiger charge is 2.23. The molecule has 1 aromatic carbocycles. The fourth-order valence-corrected chi connectivity index (χ4v) is 4.75. The molecular weight excluding hydrogens is 362 g/mol.